The molecule has 0 saturated carbocycles. The Morgan fingerprint density at radius 2 is 2.06 bits per heavy atom. The molecule has 0 saturated heterocycles. The zero-order valence-electron chi connectivity index (χ0n) is 9.68. The third-order valence-electron chi connectivity index (χ3n) is 2.13. The number of hydrogen-bond donors (Lipinski definition) is 2. The van der Waals surface area contributed by atoms with E-state index in [9.17, 15) is 4.39 Å². The van der Waals surface area contributed by atoms with Crippen molar-refractivity contribution in [3.63, 3.8) is 0 Å². The second-order valence-electron chi connectivity index (χ2n) is 3.96. The molecule has 2 aromatic rings. The molecular formula is C11H14FN5. The molecular weight excluding hydrogens is 221 g/mol. The van der Waals surface area contributed by atoms with Crippen molar-refractivity contribution in [1.82, 2.24) is 14.8 Å². The van der Waals surface area contributed by atoms with Gasteiger partial charge in [0.1, 0.15) is 11.5 Å². The van der Waals surface area contributed by atoms with Crippen LogP contribution in [0.2, 0.25) is 0 Å². The molecule has 0 aliphatic rings. The van der Waals surface area contributed by atoms with Crippen LogP contribution in [0.5, 0.6) is 0 Å². The van der Waals surface area contributed by atoms with E-state index in [0.29, 0.717) is 5.95 Å². The third-order valence-corrected chi connectivity index (χ3v) is 2.13. The third kappa shape index (κ3) is 2.35. The number of anilines is 2. The second kappa shape index (κ2) is 4.40. The van der Waals surface area contributed by atoms with E-state index < -0.39 is 0 Å². The van der Waals surface area contributed by atoms with Crippen molar-refractivity contribution in [3.05, 3.63) is 30.1 Å². The molecule has 0 amide bonds. The molecule has 2 rings (SSSR count). The molecule has 5 nitrogen and oxygen atoms in total. The lowest BCUT2D eigenvalue weighted by molar-refractivity contribution is 0.612. The smallest absolute Gasteiger partial charge is 0.244 e. The van der Waals surface area contributed by atoms with Crippen LogP contribution in [0.25, 0.3) is 5.69 Å². The fourth-order valence-corrected chi connectivity index (χ4v) is 1.44. The summed E-state index contributed by atoms with van der Waals surface area (Å²) >= 11 is 0. The maximum absolute atomic E-state index is 13.6. The van der Waals surface area contributed by atoms with E-state index in [1.807, 2.05) is 13.8 Å². The van der Waals surface area contributed by atoms with E-state index in [2.05, 4.69) is 15.4 Å². The van der Waals surface area contributed by atoms with E-state index in [-0.39, 0.29) is 23.5 Å². The highest BCUT2D eigenvalue weighted by Gasteiger charge is 2.12. The molecule has 0 radical (unpaired) electrons. The lowest BCUT2D eigenvalue weighted by Gasteiger charge is -2.04. The number of halogens is 1. The molecule has 1 aromatic heterocycles. The minimum atomic E-state index is -0.389. The minimum Gasteiger partial charge on any atom is -0.368 e. The molecule has 0 aliphatic heterocycles. The van der Waals surface area contributed by atoms with Crippen LogP contribution in [0.4, 0.5) is 16.3 Å². The van der Waals surface area contributed by atoms with Crippen LogP contribution in [-0.2, 0) is 0 Å². The van der Waals surface area contributed by atoms with E-state index in [1.54, 1.807) is 18.2 Å². The Labute approximate surface area is 98.5 Å². The maximum Gasteiger partial charge on any atom is 0.244 e. The van der Waals surface area contributed by atoms with Crippen LogP contribution in [-0.4, -0.2) is 20.8 Å². The summed E-state index contributed by atoms with van der Waals surface area (Å²) in [5, 5.41) is 7.12. The number of nitrogens with one attached hydrogen (secondary N) is 1. The van der Waals surface area contributed by atoms with Gasteiger partial charge in [0, 0.05) is 6.04 Å². The number of nitrogens with two attached hydrogens (primary N) is 1. The number of nitrogen functional groups attached to an aromatic ring is 1. The van der Waals surface area contributed by atoms with Crippen molar-refractivity contribution in [3.8, 4) is 5.69 Å². The predicted octanol–water partition coefficient (Wildman–Crippen LogP) is 1.81. The van der Waals surface area contributed by atoms with Gasteiger partial charge in [-0.1, -0.05) is 12.1 Å². The first kappa shape index (κ1) is 11.4. The van der Waals surface area contributed by atoms with Gasteiger partial charge in [-0.3, -0.25) is 0 Å². The number of nitrogens with zero attached hydrogens (tertiary/aromatic N) is 3. The SMILES string of the molecule is CC(C)Nc1nc(N)n(-c2ccccc2F)n1. The molecule has 0 spiro atoms. The summed E-state index contributed by atoms with van der Waals surface area (Å²) in [6.45, 7) is 3.92. The normalized spacial score (nSPS) is 10.8. The monoisotopic (exact) mass is 235 g/mol. The van der Waals surface area contributed by atoms with Crippen LogP contribution >= 0.6 is 0 Å². The molecule has 0 unspecified atom stereocenters. The second-order valence-corrected chi connectivity index (χ2v) is 3.96. The highest BCUT2D eigenvalue weighted by Crippen LogP contribution is 2.16. The van der Waals surface area contributed by atoms with Crippen LogP contribution in [0, 0.1) is 5.82 Å². The number of aromatic nitrogens is 3. The highest BCUT2D eigenvalue weighted by molar-refractivity contribution is 5.42. The number of hydrogen-bond acceptors (Lipinski definition) is 4. The lowest BCUT2D eigenvalue weighted by Crippen LogP contribution is -2.11. The van der Waals surface area contributed by atoms with Crippen LogP contribution in [0.1, 0.15) is 13.8 Å². The van der Waals surface area contributed by atoms with Gasteiger partial charge in [-0.2, -0.15) is 9.67 Å². The van der Waals surface area contributed by atoms with Crippen molar-refractivity contribution in [1.29, 1.82) is 0 Å². The average Bonchev–Trinajstić information content (AvgIpc) is 2.59. The fourth-order valence-electron chi connectivity index (χ4n) is 1.44. The van der Waals surface area contributed by atoms with Gasteiger partial charge in [0.05, 0.1) is 0 Å². The molecule has 0 aliphatic carbocycles. The Kier molecular flexibility index (Phi) is 2.95. The Balaban J connectivity index is 2.40. The van der Waals surface area contributed by atoms with E-state index in [1.165, 1.54) is 10.7 Å². The molecule has 17 heavy (non-hydrogen) atoms. The molecule has 0 fully saturated rings. The Hall–Kier alpha value is -2.11. The van der Waals surface area contributed by atoms with E-state index in [0.717, 1.165) is 0 Å². The van der Waals surface area contributed by atoms with Gasteiger partial charge in [0.25, 0.3) is 0 Å². The highest BCUT2D eigenvalue weighted by atomic mass is 19.1. The molecule has 1 heterocycles. The molecule has 1 aromatic carbocycles. The van der Waals surface area contributed by atoms with E-state index >= 15 is 0 Å². The standard InChI is InChI=1S/C11H14FN5/c1-7(2)14-11-15-10(13)17(16-11)9-6-4-3-5-8(9)12/h3-7H,1-2H3,(H3,13,14,15,16). The average molecular weight is 235 g/mol. The maximum atomic E-state index is 13.6. The van der Waals surface area contributed by atoms with Gasteiger partial charge in [0.2, 0.25) is 11.9 Å². The molecule has 0 bridgehead atoms. The van der Waals surface area contributed by atoms with Crippen molar-refractivity contribution in [2.75, 3.05) is 11.1 Å². The van der Waals surface area contributed by atoms with Crippen LogP contribution in [0.3, 0.4) is 0 Å². The molecule has 90 valence electrons. The molecule has 0 atom stereocenters. The minimum absolute atomic E-state index is 0.151. The summed E-state index contributed by atoms with van der Waals surface area (Å²) in [4.78, 5) is 4.02. The summed E-state index contributed by atoms with van der Waals surface area (Å²) < 4.78 is 14.8. The summed E-state index contributed by atoms with van der Waals surface area (Å²) in [6, 6.07) is 6.46. The summed E-state index contributed by atoms with van der Waals surface area (Å²) in [5.41, 5.74) is 5.99. The number of para-hydroxylation sites is 1. The Bertz CT molecular complexity index is 520. The largest absolute Gasteiger partial charge is 0.368 e. The van der Waals surface area contributed by atoms with Gasteiger partial charge in [-0.05, 0) is 26.0 Å². The first-order chi connectivity index (χ1) is 8.08. The van der Waals surface area contributed by atoms with Gasteiger partial charge >= 0.3 is 0 Å². The van der Waals surface area contributed by atoms with E-state index in [4.69, 9.17) is 5.73 Å². The topological polar surface area (TPSA) is 68.8 Å². The fraction of sp³-hybridized carbons (Fsp3) is 0.273. The summed E-state index contributed by atoms with van der Waals surface area (Å²) in [5.74, 6) is 0.152. The lowest BCUT2D eigenvalue weighted by atomic mass is 10.3. The van der Waals surface area contributed by atoms with Crippen LogP contribution < -0.4 is 11.1 Å². The summed E-state index contributed by atoms with van der Waals surface area (Å²) in [6.07, 6.45) is 0. The van der Waals surface area contributed by atoms with Gasteiger partial charge in [-0.25, -0.2) is 4.39 Å². The van der Waals surface area contributed by atoms with Gasteiger partial charge in [-0.15, -0.1) is 5.10 Å². The van der Waals surface area contributed by atoms with Crippen LogP contribution in [0.15, 0.2) is 24.3 Å². The first-order valence-corrected chi connectivity index (χ1v) is 5.32. The van der Waals surface area contributed by atoms with Crippen molar-refractivity contribution < 1.29 is 4.39 Å². The van der Waals surface area contributed by atoms with Crippen molar-refractivity contribution in [2.24, 2.45) is 0 Å². The Morgan fingerprint density at radius 1 is 1.35 bits per heavy atom. The Morgan fingerprint density at radius 3 is 2.71 bits per heavy atom. The zero-order chi connectivity index (χ0) is 12.4. The molecule has 3 N–H and O–H groups in total. The van der Waals surface area contributed by atoms with Gasteiger partial charge in [0.15, 0.2) is 0 Å². The molecule has 6 heteroatoms. The quantitative estimate of drug-likeness (QED) is 0.851. The zero-order valence-corrected chi connectivity index (χ0v) is 9.68. The summed E-state index contributed by atoms with van der Waals surface area (Å²) in [7, 11) is 0. The number of rotatable bonds is 3. The predicted molar refractivity (Wildman–Crippen MR) is 64.5 cm³/mol. The first-order valence-electron chi connectivity index (χ1n) is 5.32. The van der Waals surface area contributed by atoms with Crippen molar-refractivity contribution >= 4 is 11.9 Å². The van der Waals surface area contributed by atoms with Crippen molar-refractivity contribution in [2.45, 2.75) is 19.9 Å². The number of benzene rings is 1. The van der Waals surface area contributed by atoms with Gasteiger partial charge < -0.3 is 11.1 Å².